The predicted molar refractivity (Wildman–Crippen MR) is 72.8 cm³/mol. The number of aryl methyl sites for hydroxylation is 1. The van der Waals surface area contributed by atoms with Crippen molar-refractivity contribution in [1.29, 1.82) is 0 Å². The first-order valence-electron chi connectivity index (χ1n) is 5.50. The molecule has 7 nitrogen and oxygen atoms in total. The number of nitrogens with zero attached hydrogens (tertiary/aromatic N) is 3. The number of carbonyl (C=O) groups excluding carboxylic acids is 1. The van der Waals surface area contributed by atoms with Crippen LogP contribution < -0.4 is 5.32 Å². The quantitative estimate of drug-likeness (QED) is 0.692. The van der Waals surface area contributed by atoms with Gasteiger partial charge in [0.25, 0.3) is 11.6 Å². The summed E-state index contributed by atoms with van der Waals surface area (Å²) in [6.45, 7) is 1.67. The van der Waals surface area contributed by atoms with E-state index in [0.29, 0.717) is 5.56 Å². The summed E-state index contributed by atoms with van der Waals surface area (Å²) >= 11 is 5.58. The Morgan fingerprint density at radius 3 is 2.65 bits per heavy atom. The van der Waals surface area contributed by atoms with Crippen LogP contribution in [0.3, 0.4) is 0 Å². The number of halogens is 1. The van der Waals surface area contributed by atoms with Crippen LogP contribution in [0.25, 0.3) is 0 Å². The molecule has 1 aromatic carbocycles. The molecule has 0 atom stereocenters. The Morgan fingerprint density at radius 2 is 2.05 bits per heavy atom. The van der Waals surface area contributed by atoms with Crippen LogP contribution in [0.5, 0.6) is 0 Å². The molecule has 2 rings (SSSR count). The summed E-state index contributed by atoms with van der Waals surface area (Å²) in [5, 5.41) is 13.4. The summed E-state index contributed by atoms with van der Waals surface area (Å²) in [6.07, 6.45) is 2.58. The van der Waals surface area contributed by atoms with Gasteiger partial charge in [-0.05, 0) is 18.6 Å². The van der Waals surface area contributed by atoms with Gasteiger partial charge in [0.15, 0.2) is 5.82 Å². The molecule has 0 unspecified atom stereocenters. The lowest BCUT2D eigenvalue weighted by Crippen LogP contribution is -2.13. The van der Waals surface area contributed by atoms with Gasteiger partial charge in [0.05, 0.1) is 17.3 Å². The highest BCUT2D eigenvalue weighted by molar-refractivity contribution is 6.29. The van der Waals surface area contributed by atoms with Crippen LogP contribution in [0.1, 0.15) is 15.9 Å². The van der Waals surface area contributed by atoms with E-state index in [2.05, 4.69) is 15.3 Å². The maximum Gasteiger partial charge on any atom is 0.270 e. The summed E-state index contributed by atoms with van der Waals surface area (Å²) in [6, 6.07) is 4.14. The number of aromatic nitrogens is 2. The molecule has 1 heterocycles. The van der Waals surface area contributed by atoms with E-state index in [-0.39, 0.29) is 22.2 Å². The van der Waals surface area contributed by atoms with Crippen molar-refractivity contribution in [3.8, 4) is 0 Å². The first-order valence-corrected chi connectivity index (χ1v) is 5.88. The highest BCUT2D eigenvalue weighted by Crippen LogP contribution is 2.17. The molecule has 0 bridgehead atoms. The van der Waals surface area contributed by atoms with E-state index in [1.807, 2.05) is 0 Å². The van der Waals surface area contributed by atoms with Crippen LogP contribution in [-0.4, -0.2) is 20.8 Å². The molecule has 2 aromatic rings. The highest BCUT2D eigenvalue weighted by atomic mass is 35.5. The van der Waals surface area contributed by atoms with Crippen molar-refractivity contribution in [3.63, 3.8) is 0 Å². The average molecular weight is 293 g/mol. The minimum atomic E-state index is -0.550. The second kappa shape index (κ2) is 5.62. The zero-order valence-corrected chi connectivity index (χ0v) is 11.1. The van der Waals surface area contributed by atoms with Crippen molar-refractivity contribution in [2.45, 2.75) is 6.92 Å². The molecule has 0 saturated heterocycles. The Morgan fingerprint density at radius 1 is 1.30 bits per heavy atom. The third kappa shape index (κ3) is 3.27. The number of nitrogens with one attached hydrogen (secondary N) is 1. The summed E-state index contributed by atoms with van der Waals surface area (Å²) in [5.74, 6) is -0.294. The van der Waals surface area contributed by atoms with E-state index in [1.54, 1.807) is 13.0 Å². The monoisotopic (exact) mass is 292 g/mol. The number of amides is 1. The van der Waals surface area contributed by atoms with E-state index < -0.39 is 10.8 Å². The van der Waals surface area contributed by atoms with E-state index in [4.69, 9.17) is 11.6 Å². The van der Waals surface area contributed by atoms with Crippen molar-refractivity contribution in [2.24, 2.45) is 0 Å². The Balaban J connectivity index is 2.25. The Bertz CT molecular complexity index is 673. The molecule has 102 valence electrons. The molecule has 1 amide bonds. The Hall–Kier alpha value is -2.54. The normalized spacial score (nSPS) is 10.1. The number of nitro benzene ring substituents is 1. The van der Waals surface area contributed by atoms with Gasteiger partial charge in [-0.25, -0.2) is 9.97 Å². The third-order valence-corrected chi connectivity index (χ3v) is 2.59. The van der Waals surface area contributed by atoms with Gasteiger partial charge in [-0.2, -0.15) is 0 Å². The third-order valence-electron chi connectivity index (χ3n) is 2.40. The number of hydrogen-bond acceptors (Lipinski definition) is 5. The molecule has 0 aliphatic heterocycles. The van der Waals surface area contributed by atoms with Crippen LogP contribution in [0.15, 0.2) is 30.6 Å². The number of hydrogen-bond donors (Lipinski definition) is 1. The largest absolute Gasteiger partial charge is 0.305 e. The summed E-state index contributed by atoms with van der Waals surface area (Å²) in [7, 11) is 0. The van der Waals surface area contributed by atoms with Crippen molar-refractivity contribution in [2.75, 3.05) is 5.32 Å². The van der Waals surface area contributed by atoms with Crippen molar-refractivity contribution < 1.29 is 9.72 Å². The fourth-order valence-corrected chi connectivity index (χ4v) is 1.66. The number of nitro groups is 1. The molecule has 8 heteroatoms. The fraction of sp³-hybridized carbons (Fsp3) is 0.0833. The van der Waals surface area contributed by atoms with Gasteiger partial charge in [-0.15, -0.1) is 0 Å². The fourth-order valence-electron chi connectivity index (χ4n) is 1.56. The molecule has 0 saturated carbocycles. The zero-order chi connectivity index (χ0) is 14.7. The molecular weight excluding hydrogens is 284 g/mol. The van der Waals surface area contributed by atoms with Crippen LogP contribution in [0.4, 0.5) is 11.5 Å². The van der Waals surface area contributed by atoms with Crippen molar-refractivity contribution in [3.05, 3.63) is 57.0 Å². The van der Waals surface area contributed by atoms with Gasteiger partial charge in [-0.1, -0.05) is 11.6 Å². The van der Waals surface area contributed by atoms with Crippen LogP contribution >= 0.6 is 11.6 Å². The molecule has 20 heavy (non-hydrogen) atoms. The van der Waals surface area contributed by atoms with Gasteiger partial charge in [-0.3, -0.25) is 14.9 Å². The lowest BCUT2D eigenvalue weighted by molar-refractivity contribution is -0.384. The molecule has 0 radical (unpaired) electrons. The smallest absolute Gasteiger partial charge is 0.270 e. The van der Waals surface area contributed by atoms with Crippen molar-refractivity contribution >= 4 is 29.0 Å². The van der Waals surface area contributed by atoms with Gasteiger partial charge >= 0.3 is 0 Å². The first-order chi connectivity index (χ1) is 9.45. The Labute approximate surface area is 118 Å². The summed E-state index contributed by atoms with van der Waals surface area (Å²) in [5.41, 5.74) is 0.650. The molecule has 0 fully saturated rings. The zero-order valence-electron chi connectivity index (χ0n) is 10.3. The molecule has 1 aromatic heterocycles. The number of carbonyl (C=O) groups is 1. The number of rotatable bonds is 3. The van der Waals surface area contributed by atoms with E-state index in [0.717, 1.165) is 0 Å². The second-order valence-electron chi connectivity index (χ2n) is 3.99. The SMILES string of the molecule is Cc1cc(C(=O)Nc2cnc(Cl)cn2)cc([N+](=O)[O-])c1. The predicted octanol–water partition coefficient (Wildman–Crippen LogP) is 2.60. The standard InChI is InChI=1S/C12H9ClN4O3/c1-7-2-8(4-9(3-7)17(19)20)12(18)16-11-6-14-10(13)5-15-11/h2-6H,1H3,(H,15,16,18). The lowest BCUT2D eigenvalue weighted by atomic mass is 10.1. The minimum absolute atomic E-state index is 0.141. The molecule has 1 N–H and O–H groups in total. The van der Waals surface area contributed by atoms with Crippen molar-refractivity contribution in [1.82, 2.24) is 9.97 Å². The number of anilines is 1. The number of non-ortho nitro benzene ring substituents is 1. The second-order valence-corrected chi connectivity index (χ2v) is 4.38. The van der Waals surface area contributed by atoms with Gasteiger partial charge < -0.3 is 5.32 Å². The first kappa shape index (κ1) is 13.9. The Kier molecular flexibility index (Phi) is 3.90. The maximum atomic E-state index is 12.0. The molecular formula is C12H9ClN4O3. The molecule has 0 spiro atoms. The minimum Gasteiger partial charge on any atom is -0.305 e. The molecule has 0 aliphatic carbocycles. The molecule has 0 aliphatic rings. The van der Waals surface area contributed by atoms with Crippen LogP contribution in [0, 0.1) is 17.0 Å². The average Bonchev–Trinajstić information content (AvgIpc) is 2.40. The van der Waals surface area contributed by atoms with E-state index in [1.165, 1.54) is 24.5 Å². The summed E-state index contributed by atoms with van der Waals surface area (Å²) in [4.78, 5) is 29.8. The lowest BCUT2D eigenvalue weighted by Gasteiger charge is -2.05. The van der Waals surface area contributed by atoms with Crippen LogP contribution in [0.2, 0.25) is 5.15 Å². The topological polar surface area (TPSA) is 98.0 Å². The van der Waals surface area contributed by atoms with Gasteiger partial charge in [0, 0.05) is 17.7 Å². The van der Waals surface area contributed by atoms with Gasteiger partial charge in [0.2, 0.25) is 0 Å². The van der Waals surface area contributed by atoms with E-state index >= 15 is 0 Å². The maximum absolute atomic E-state index is 12.0. The highest BCUT2D eigenvalue weighted by Gasteiger charge is 2.13. The van der Waals surface area contributed by atoms with E-state index in [9.17, 15) is 14.9 Å². The number of benzene rings is 1. The van der Waals surface area contributed by atoms with Gasteiger partial charge in [0.1, 0.15) is 5.15 Å². The van der Waals surface area contributed by atoms with Crippen LogP contribution in [-0.2, 0) is 0 Å². The summed E-state index contributed by atoms with van der Waals surface area (Å²) < 4.78 is 0.